The van der Waals surface area contributed by atoms with E-state index in [1.165, 1.54) is 12.1 Å². The third-order valence-electron chi connectivity index (χ3n) is 5.33. The lowest BCUT2D eigenvalue weighted by molar-refractivity contribution is -0.136. The van der Waals surface area contributed by atoms with Gasteiger partial charge in [-0.25, -0.2) is 0 Å². The summed E-state index contributed by atoms with van der Waals surface area (Å²) in [6, 6.07) is 3.50. The molecule has 1 aromatic carbocycles. The second kappa shape index (κ2) is 12.3. The summed E-state index contributed by atoms with van der Waals surface area (Å²) in [5.74, 6) is -2.76. The second-order valence-electron chi connectivity index (χ2n) is 7.74. The summed E-state index contributed by atoms with van der Waals surface area (Å²) in [6.07, 6.45) is 0.240. The van der Waals surface area contributed by atoms with E-state index in [-0.39, 0.29) is 42.0 Å². The molecule has 1 saturated heterocycles. The van der Waals surface area contributed by atoms with Crippen molar-refractivity contribution in [1.29, 1.82) is 0 Å². The summed E-state index contributed by atoms with van der Waals surface area (Å²) in [6.45, 7) is 3.32. The Kier molecular flexibility index (Phi) is 9.22. The number of piperidine rings is 1. The number of imide groups is 2. The Morgan fingerprint density at radius 2 is 1.82 bits per heavy atom. The molecule has 184 valence electrons. The van der Waals surface area contributed by atoms with Crippen molar-refractivity contribution < 1.29 is 33.4 Å². The SMILES string of the molecule is NCCOCCOCCNCCC(=O)Nc1cccc2c1C(=O)N(C1CCC(=O)NC1=O)C2=O. The van der Waals surface area contributed by atoms with Crippen molar-refractivity contribution in [2.45, 2.75) is 25.3 Å². The van der Waals surface area contributed by atoms with Crippen LogP contribution in [0.15, 0.2) is 18.2 Å². The van der Waals surface area contributed by atoms with Gasteiger partial charge in [-0.2, -0.15) is 0 Å². The van der Waals surface area contributed by atoms with Crippen LogP contribution in [0.2, 0.25) is 0 Å². The zero-order chi connectivity index (χ0) is 24.5. The van der Waals surface area contributed by atoms with Gasteiger partial charge in [0, 0.05) is 32.5 Å². The van der Waals surface area contributed by atoms with Crippen LogP contribution in [0.4, 0.5) is 5.69 Å². The third-order valence-corrected chi connectivity index (χ3v) is 5.33. The van der Waals surface area contributed by atoms with Crippen molar-refractivity contribution in [3.63, 3.8) is 0 Å². The summed E-state index contributed by atoms with van der Waals surface area (Å²) >= 11 is 0. The molecule has 2 aliphatic rings. The zero-order valence-corrected chi connectivity index (χ0v) is 18.8. The summed E-state index contributed by atoms with van der Waals surface area (Å²) in [5.41, 5.74) is 5.68. The normalized spacial score (nSPS) is 17.7. The summed E-state index contributed by atoms with van der Waals surface area (Å²) in [4.78, 5) is 62.7. The van der Waals surface area contributed by atoms with Gasteiger partial charge in [-0.1, -0.05) is 6.07 Å². The fourth-order valence-electron chi connectivity index (χ4n) is 3.71. The number of ether oxygens (including phenoxy) is 2. The van der Waals surface area contributed by atoms with Crippen LogP contribution in [-0.2, 0) is 23.9 Å². The molecular formula is C22H29N5O7. The van der Waals surface area contributed by atoms with Crippen LogP contribution in [0.3, 0.4) is 0 Å². The number of carbonyl (C=O) groups excluding carboxylic acids is 5. The predicted octanol–water partition coefficient (Wildman–Crippen LogP) is -1.00. The van der Waals surface area contributed by atoms with Gasteiger partial charge in [-0.05, 0) is 18.6 Å². The van der Waals surface area contributed by atoms with Crippen LogP contribution < -0.4 is 21.7 Å². The van der Waals surface area contributed by atoms with Crippen LogP contribution >= 0.6 is 0 Å². The minimum Gasteiger partial charge on any atom is -0.378 e. The highest BCUT2D eigenvalue weighted by Crippen LogP contribution is 2.32. The largest absolute Gasteiger partial charge is 0.378 e. The smallest absolute Gasteiger partial charge is 0.264 e. The molecule has 0 radical (unpaired) electrons. The Balaban J connectivity index is 1.48. The van der Waals surface area contributed by atoms with E-state index in [4.69, 9.17) is 15.2 Å². The average molecular weight is 476 g/mol. The molecule has 3 rings (SSSR count). The minimum absolute atomic E-state index is 0.0352. The molecule has 1 fully saturated rings. The molecule has 1 atom stereocenters. The van der Waals surface area contributed by atoms with E-state index in [0.717, 1.165) is 4.90 Å². The Morgan fingerprint density at radius 3 is 2.56 bits per heavy atom. The molecule has 0 saturated carbocycles. The van der Waals surface area contributed by atoms with Gasteiger partial charge < -0.3 is 25.8 Å². The Hall–Kier alpha value is -3.19. The van der Waals surface area contributed by atoms with Crippen LogP contribution in [-0.4, -0.2) is 86.5 Å². The Bertz CT molecular complexity index is 952. The first-order valence-corrected chi connectivity index (χ1v) is 11.1. The van der Waals surface area contributed by atoms with Gasteiger partial charge in [0.2, 0.25) is 17.7 Å². The van der Waals surface area contributed by atoms with Gasteiger partial charge in [0.15, 0.2) is 0 Å². The van der Waals surface area contributed by atoms with E-state index in [2.05, 4.69) is 16.0 Å². The number of benzene rings is 1. The number of nitrogens with zero attached hydrogens (tertiary/aromatic N) is 1. The van der Waals surface area contributed by atoms with Gasteiger partial charge >= 0.3 is 0 Å². The lowest BCUT2D eigenvalue weighted by Gasteiger charge is -2.27. The highest BCUT2D eigenvalue weighted by molar-refractivity contribution is 6.26. The van der Waals surface area contributed by atoms with Crippen LogP contribution in [0.5, 0.6) is 0 Å². The number of fused-ring (bicyclic) bond motifs is 1. The van der Waals surface area contributed by atoms with Gasteiger partial charge in [0.1, 0.15) is 6.04 Å². The molecule has 0 spiro atoms. The molecule has 2 aliphatic heterocycles. The number of hydrogen-bond donors (Lipinski definition) is 4. The third kappa shape index (κ3) is 6.23. The minimum atomic E-state index is -1.06. The summed E-state index contributed by atoms with van der Waals surface area (Å²) in [7, 11) is 0. The van der Waals surface area contributed by atoms with Crippen molar-refractivity contribution in [3.05, 3.63) is 29.3 Å². The number of anilines is 1. The van der Waals surface area contributed by atoms with E-state index in [1.54, 1.807) is 6.07 Å². The first-order chi connectivity index (χ1) is 16.4. The standard InChI is InChI=1S/C22H29N5O7/c23-7-10-33-12-13-34-11-9-24-8-6-18(29)25-15-3-1-2-14-19(15)22(32)27(21(14)31)16-4-5-17(28)26-20(16)30/h1-3,16,24H,4-13,23H2,(H,25,29)(H,26,28,30). The maximum atomic E-state index is 13.0. The van der Waals surface area contributed by atoms with Gasteiger partial charge in [-0.15, -0.1) is 0 Å². The number of nitrogens with two attached hydrogens (primary N) is 1. The molecule has 0 aromatic heterocycles. The number of nitrogens with one attached hydrogen (secondary N) is 3. The molecule has 12 heteroatoms. The van der Waals surface area contributed by atoms with E-state index >= 15 is 0 Å². The van der Waals surface area contributed by atoms with Gasteiger partial charge in [0.05, 0.1) is 43.2 Å². The fraction of sp³-hybridized carbons (Fsp3) is 0.500. The number of rotatable bonds is 13. The molecule has 5 N–H and O–H groups in total. The molecule has 1 unspecified atom stereocenters. The van der Waals surface area contributed by atoms with E-state index in [9.17, 15) is 24.0 Å². The molecule has 34 heavy (non-hydrogen) atoms. The Morgan fingerprint density at radius 1 is 1.06 bits per heavy atom. The van der Waals surface area contributed by atoms with E-state index in [1.807, 2.05) is 0 Å². The van der Waals surface area contributed by atoms with Crippen LogP contribution in [0.1, 0.15) is 40.0 Å². The van der Waals surface area contributed by atoms with E-state index < -0.39 is 29.7 Å². The van der Waals surface area contributed by atoms with Crippen molar-refractivity contribution in [3.8, 4) is 0 Å². The first-order valence-electron chi connectivity index (χ1n) is 11.1. The molecule has 2 heterocycles. The second-order valence-corrected chi connectivity index (χ2v) is 7.74. The van der Waals surface area contributed by atoms with Crippen LogP contribution in [0.25, 0.3) is 0 Å². The highest BCUT2D eigenvalue weighted by atomic mass is 16.5. The van der Waals surface area contributed by atoms with Gasteiger partial charge in [-0.3, -0.25) is 34.2 Å². The average Bonchev–Trinajstić information content (AvgIpc) is 3.06. The molecule has 12 nitrogen and oxygen atoms in total. The molecule has 0 bridgehead atoms. The van der Waals surface area contributed by atoms with Gasteiger partial charge in [0.25, 0.3) is 11.8 Å². The summed E-state index contributed by atoms with van der Waals surface area (Å²) < 4.78 is 10.6. The maximum Gasteiger partial charge on any atom is 0.264 e. The fourth-order valence-corrected chi connectivity index (χ4v) is 3.71. The predicted molar refractivity (Wildman–Crippen MR) is 120 cm³/mol. The number of hydrogen-bond acceptors (Lipinski definition) is 9. The monoisotopic (exact) mass is 475 g/mol. The topological polar surface area (TPSA) is 169 Å². The first kappa shape index (κ1) is 25.4. The number of carbonyl (C=O) groups is 5. The highest BCUT2D eigenvalue weighted by Gasteiger charge is 2.45. The Labute approximate surface area is 196 Å². The zero-order valence-electron chi connectivity index (χ0n) is 18.8. The molecule has 5 amide bonds. The molecular weight excluding hydrogens is 446 g/mol. The van der Waals surface area contributed by atoms with Crippen molar-refractivity contribution in [2.24, 2.45) is 5.73 Å². The number of amides is 5. The van der Waals surface area contributed by atoms with Crippen molar-refractivity contribution in [2.75, 3.05) is 51.4 Å². The maximum absolute atomic E-state index is 13.0. The van der Waals surface area contributed by atoms with E-state index in [0.29, 0.717) is 46.1 Å². The molecule has 1 aromatic rings. The summed E-state index contributed by atoms with van der Waals surface area (Å²) in [5, 5.41) is 7.91. The van der Waals surface area contributed by atoms with Crippen LogP contribution in [0, 0.1) is 0 Å². The van der Waals surface area contributed by atoms with Crippen molar-refractivity contribution >= 4 is 35.2 Å². The molecule has 0 aliphatic carbocycles. The van der Waals surface area contributed by atoms with Crippen molar-refractivity contribution in [1.82, 2.24) is 15.5 Å². The lowest BCUT2D eigenvalue weighted by Crippen LogP contribution is -2.54. The lowest BCUT2D eigenvalue weighted by atomic mass is 10.0. The quantitative estimate of drug-likeness (QED) is 0.206.